The fourth-order valence-corrected chi connectivity index (χ4v) is 2.30. The van der Waals surface area contributed by atoms with Crippen LogP contribution in [0.25, 0.3) is 0 Å². The van der Waals surface area contributed by atoms with Crippen LogP contribution in [0.4, 0.5) is 0 Å². The van der Waals surface area contributed by atoms with Gasteiger partial charge in [0.1, 0.15) is 0 Å². The monoisotopic (exact) mass is 305 g/mol. The number of hydrogen-bond acceptors (Lipinski definition) is 5. The van der Waals surface area contributed by atoms with Gasteiger partial charge in [0.05, 0.1) is 11.5 Å². The zero-order chi connectivity index (χ0) is 14.8. The van der Waals surface area contributed by atoms with Crippen LogP contribution in [0.3, 0.4) is 0 Å². The lowest BCUT2D eigenvalue weighted by atomic mass is 10.5. The Morgan fingerprint density at radius 3 is 1.17 bits per heavy atom. The van der Waals surface area contributed by atoms with Gasteiger partial charge in [-0.05, 0) is 26.1 Å². The van der Waals surface area contributed by atoms with Gasteiger partial charge in [-0.3, -0.25) is 9.11 Å². The molecule has 2 N–H and O–H groups in total. The Hall–Kier alpha value is -0.220. The molecule has 0 fully saturated rings. The highest BCUT2D eigenvalue weighted by Gasteiger charge is 2.08. The van der Waals surface area contributed by atoms with Gasteiger partial charge in [-0.2, -0.15) is 16.8 Å². The average molecular weight is 305 g/mol. The predicted octanol–water partition coefficient (Wildman–Crippen LogP) is 0.500. The first kappa shape index (κ1) is 20.1. The van der Waals surface area contributed by atoms with Crippen molar-refractivity contribution < 1.29 is 25.9 Å². The number of rotatable bonds is 7. The van der Waals surface area contributed by atoms with Crippen molar-refractivity contribution >= 4 is 20.2 Å². The quantitative estimate of drug-likeness (QED) is 0.659. The van der Waals surface area contributed by atoms with E-state index in [1.165, 1.54) is 19.6 Å². The molecule has 0 amide bonds. The first-order valence-electron chi connectivity index (χ1n) is 5.68. The van der Waals surface area contributed by atoms with Crippen molar-refractivity contribution in [2.45, 2.75) is 27.2 Å². The van der Waals surface area contributed by atoms with Crippen LogP contribution >= 0.6 is 0 Å². The van der Waals surface area contributed by atoms with Crippen molar-refractivity contribution in [2.24, 2.45) is 0 Å². The van der Waals surface area contributed by atoms with Gasteiger partial charge in [-0.1, -0.05) is 20.8 Å². The van der Waals surface area contributed by atoms with Gasteiger partial charge in [0.25, 0.3) is 20.2 Å². The molecular formula is C9H23NO6S2. The molecule has 0 bridgehead atoms. The summed E-state index contributed by atoms with van der Waals surface area (Å²) in [6.07, 6.45) is -0.308. The average Bonchev–Trinajstić information content (AvgIpc) is 2.17. The second-order valence-electron chi connectivity index (χ2n) is 3.55. The SMILES string of the molecule is CCN(CC)CC.O=S(=O)(O)CCCS(=O)(=O)O. The van der Waals surface area contributed by atoms with Crippen LogP contribution in [-0.2, 0) is 20.2 Å². The Bertz CT molecular complexity index is 348. The third kappa shape index (κ3) is 18.2. The van der Waals surface area contributed by atoms with Gasteiger partial charge in [-0.25, -0.2) is 0 Å². The number of hydrogen-bond donors (Lipinski definition) is 2. The first-order valence-corrected chi connectivity index (χ1v) is 8.90. The number of nitrogens with zero attached hydrogens (tertiary/aromatic N) is 1. The van der Waals surface area contributed by atoms with E-state index in [4.69, 9.17) is 9.11 Å². The molecule has 0 heterocycles. The summed E-state index contributed by atoms with van der Waals surface area (Å²) >= 11 is 0. The molecule has 0 aromatic heterocycles. The fraction of sp³-hybridized carbons (Fsp3) is 1.00. The molecule has 0 saturated carbocycles. The molecule has 0 aliphatic heterocycles. The molecule has 7 nitrogen and oxygen atoms in total. The van der Waals surface area contributed by atoms with Crippen LogP contribution < -0.4 is 0 Å². The molecular weight excluding hydrogens is 282 g/mol. The predicted molar refractivity (Wildman–Crippen MR) is 70.9 cm³/mol. The van der Waals surface area contributed by atoms with Crippen molar-refractivity contribution in [3.05, 3.63) is 0 Å². The van der Waals surface area contributed by atoms with Gasteiger partial charge < -0.3 is 4.90 Å². The maximum Gasteiger partial charge on any atom is 0.264 e. The minimum absolute atomic E-state index is 0.308. The third-order valence-corrected chi connectivity index (χ3v) is 3.76. The molecule has 18 heavy (non-hydrogen) atoms. The largest absolute Gasteiger partial charge is 0.304 e. The highest BCUT2D eigenvalue weighted by molar-refractivity contribution is 7.86. The van der Waals surface area contributed by atoms with E-state index in [2.05, 4.69) is 25.7 Å². The lowest BCUT2D eigenvalue weighted by Gasteiger charge is -2.13. The van der Waals surface area contributed by atoms with Crippen molar-refractivity contribution in [3.63, 3.8) is 0 Å². The first-order chi connectivity index (χ1) is 8.05. The van der Waals surface area contributed by atoms with E-state index >= 15 is 0 Å². The Kier molecular flexibility index (Phi) is 10.8. The molecule has 112 valence electrons. The smallest absolute Gasteiger partial charge is 0.264 e. The molecule has 0 aromatic rings. The summed E-state index contributed by atoms with van der Waals surface area (Å²) in [5, 5.41) is 0. The second kappa shape index (κ2) is 9.68. The van der Waals surface area contributed by atoms with E-state index in [0.29, 0.717) is 0 Å². The molecule has 0 radical (unpaired) electrons. The Labute approximate surface area is 110 Å². The summed E-state index contributed by atoms with van der Waals surface area (Å²) in [6, 6.07) is 0. The van der Waals surface area contributed by atoms with Crippen LogP contribution in [0, 0.1) is 0 Å². The fourth-order valence-electron chi connectivity index (χ4n) is 1.09. The van der Waals surface area contributed by atoms with Crippen LogP contribution in [0.1, 0.15) is 27.2 Å². The maximum absolute atomic E-state index is 10.00. The topological polar surface area (TPSA) is 112 Å². The minimum Gasteiger partial charge on any atom is -0.304 e. The normalized spacial score (nSPS) is 12.1. The molecule has 0 aliphatic carbocycles. The molecule has 0 aromatic carbocycles. The van der Waals surface area contributed by atoms with Crippen molar-refractivity contribution in [3.8, 4) is 0 Å². The zero-order valence-electron chi connectivity index (χ0n) is 11.0. The van der Waals surface area contributed by atoms with Gasteiger partial charge in [0, 0.05) is 0 Å². The molecule has 0 saturated heterocycles. The van der Waals surface area contributed by atoms with Crippen molar-refractivity contribution in [1.82, 2.24) is 4.90 Å². The second-order valence-corrected chi connectivity index (χ2v) is 6.69. The van der Waals surface area contributed by atoms with E-state index in [0.717, 1.165) is 0 Å². The van der Waals surface area contributed by atoms with Gasteiger partial charge in [-0.15, -0.1) is 0 Å². The summed E-state index contributed by atoms with van der Waals surface area (Å²) in [4.78, 5) is 2.38. The molecule has 9 heteroatoms. The van der Waals surface area contributed by atoms with E-state index in [1.807, 2.05) is 0 Å². The van der Waals surface area contributed by atoms with Crippen molar-refractivity contribution in [2.75, 3.05) is 31.1 Å². The van der Waals surface area contributed by atoms with Crippen LogP contribution in [-0.4, -0.2) is 62.0 Å². The minimum atomic E-state index is -4.12. The Morgan fingerprint density at radius 1 is 0.778 bits per heavy atom. The summed E-state index contributed by atoms with van der Waals surface area (Å²) in [6.45, 7) is 10.1. The van der Waals surface area contributed by atoms with Gasteiger partial charge >= 0.3 is 0 Å². The zero-order valence-corrected chi connectivity index (χ0v) is 12.7. The van der Waals surface area contributed by atoms with E-state index in [1.54, 1.807) is 0 Å². The maximum atomic E-state index is 10.00. The Morgan fingerprint density at radius 2 is 1.06 bits per heavy atom. The van der Waals surface area contributed by atoms with E-state index in [9.17, 15) is 16.8 Å². The van der Waals surface area contributed by atoms with Crippen LogP contribution in [0.15, 0.2) is 0 Å². The summed E-state index contributed by atoms with van der Waals surface area (Å²) in [7, 11) is -8.24. The standard InChI is InChI=1S/C6H15N.C3H8O6S2/c1-4-7(5-2)6-3;4-10(5,6)2-1-3-11(7,8)9/h4-6H2,1-3H3;1-3H2,(H,4,5,6)(H,7,8,9). The summed E-state index contributed by atoms with van der Waals surface area (Å²) in [5.41, 5.74) is 0. The van der Waals surface area contributed by atoms with E-state index in [-0.39, 0.29) is 6.42 Å². The highest BCUT2D eigenvalue weighted by Crippen LogP contribution is 1.92. The summed E-state index contributed by atoms with van der Waals surface area (Å²) in [5.74, 6) is -1.32. The molecule has 0 aliphatic rings. The van der Waals surface area contributed by atoms with Crippen LogP contribution in [0.5, 0.6) is 0 Å². The third-order valence-electron chi connectivity index (χ3n) is 2.15. The lowest BCUT2D eigenvalue weighted by Crippen LogP contribution is -2.21. The summed E-state index contributed by atoms with van der Waals surface area (Å²) < 4.78 is 56.2. The molecule has 0 unspecified atom stereocenters. The van der Waals surface area contributed by atoms with Crippen LogP contribution in [0.2, 0.25) is 0 Å². The van der Waals surface area contributed by atoms with Gasteiger partial charge in [0.15, 0.2) is 0 Å². The Balaban J connectivity index is 0. The highest BCUT2D eigenvalue weighted by atomic mass is 32.2. The van der Waals surface area contributed by atoms with Crippen molar-refractivity contribution in [1.29, 1.82) is 0 Å². The molecule has 0 rings (SSSR count). The van der Waals surface area contributed by atoms with E-state index < -0.39 is 31.7 Å². The van der Waals surface area contributed by atoms with Gasteiger partial charge in [0.2, 0.25) is 0 Å². The molecule has 0 spiro atoms. The molecule has 0 atom stereocenters. The lowest BCUT2D eigenvalue weighted by molar-refractivity contribution is 0.321.